The Labute approximate surface area is 116 Å². The molecule has 1 rings (SSSR count). The maximum atomic E-state index is 11.0. The Morgan fingerprint density at radius 1 is 1.11 bits per heavy atom. The lowest BCUT2D eigenvalue weighted by atomic mass is 10.1. The first kappa shape index (κ1) is 16.4. The number of rotatable bonds is 10. The molecule has 0 spiro atoms. The second-order valence-corrected chi connectivity index (χ2v) is 5.71. The fraction of sp³-hybridized carbons (Fsp3) is 0.933. The summed E-state index contributed by atoms with van der Waals surface area (Å²) in [6, 6.07) is -0.473. The molecule has 112 valence electrons. The van der Waals surface area contributed by atoms with Crippen molar-refractivity contribution in [3.8, 4) is 0 Å². The lowest BCUT2D eigenvalue weighted by Crippen LogP contribution is -2.36. The van der Waals surface area contributed by atoms with Gasteiger partial charge in [-0.3, -0.25) is 9.69 Å². The van der Waals surface area contributed by atoms with Gasteiger partial charge in [0.25, 0.3) is 0 Å². The lowest BCUT2D eigenvalue weighted by Gasteiger charge is -2.20. The first-order valence-electron chi connectivity index (χ1n) is 7.80. The number of carboxylic acids is 1. The molecule has 0 aliphatic carbocycles. The van der Waals surface area contributed by atoms with E-state index in [4.69, 9.17) is 5.11 Å². The predicted octanol–water partition coefficient (Wildman–Crippen LogP) is 2.65. The smallest absolute Gasteiger partial charge is 0.321 e. The summed E-state index contributed by atoms with van der Waals surface area (Å²) >= 11 is 0. The Bertz CT molecular complexity index is 258. The summed E-state index contributed by atoms with van der Waals surface area (Å²) in [5, 5.41) is 18.6. The van der Waals surface area contributed by atoms with Gasteiger partial charge in [0, 0.05) is 13.0 Å². The number of hydrogen-bond donors (Lipinski definition) is 2. The lowest BCUT2D eigenvalue weighted by molar-refractivity contribution is -0.142. The number of hydrogen-bond acceptors (Lipinski definition) is 3. The van der Waals surface area contributed by atoms with E-state index in [1.165, 1.54) is 44.9 Å². The molecular formula is C15H29NO3. The van der Waals surface area contributed by atoms with Gasteiger partial charge in [-0.2, -0.15) is 0 Å². The number of aliphatic hydroxyl groups excluding tert-OH is 1. The summed E-state index contributed by atoms with van der Waals surface area (Å²) in [6.07, 6.45) is 9.98. The summed E-state index contributed by atoms with van der Waals surface area (Å²) in [5.74, 6) is -0.795. The van der Waals surface area contributed by atoms with Crippen LogP contribution < -0.4 is 0 Å². The zero-order valence-corrected chi connectivity index (χ0v) is 12.2. The first-order chi connectivity index (χ1) is 9.15. The van der Waals surface area contributed by atoms with Crippen LogP contribution in [-0.4, -0.2) is 46.3 Å². The van der Waals surface area contributed by atoms with Gasteiger partial charge in [-0.15, -0.1) is 0 Å². The number of carbonyl (C=O) groups is 1. The van der Waals surface area contributed by atoms with Gasteiger partial charge in [0.1, 0.15) is 6.04 Å². The summed E-state index contributed by atoms with van der Waals surface area (Å²) in [5.41, 5.74) is 0. The van der Waals surface area contributed by atoms with E-state index in [-0.39, 0.29) is 0 Å². The SMILES string of the molecule is CCCCCCCCCCN1C[C@@H](O)C[C@@H]1C(=O)O. The van der Waals surface area contributed by atoms with Crippen molar-refractivity contribution < 1.29 is 15.0 Å². The number of carboxylic acid groups (broad SMARTS) is 1. The molecule has 4 nitrogen and oxygen atoms in total. The highest BCUT2D eigenvalue weighted by Crippen LogP contribution is 2.19. The average Bonchev–Trinajstić information content (AvgIpc) is 2.74. The van der Waals surface area contributed by atoms with Crippen LogP contribution in [0.3, 0.4) is 0 Å². The molecule has 0 aromatic heterocycles. The third-order valence-corrected chi connectivity index (χ3v) is 3.97. The van der Waals surface area contributed by atoms with Crippen molar-refractivity contribution in [3.05, 3.63) is 0 Å². The second-order valence-electron chi connectivity index (χ2n) is 5.71. The highest BCUT2D eigenvalue weighted by molar-refractivity contribution is 5.74. The van der Waals surface area contributed by atoms with Crippen molar-refractivity contribution in [2.24, 2.45) is 0 Å². The van der Waals surface area contributed by atoms with Crippen molar-refractivity contribution >= 4 is 5.97 Å². The molecule has 1 aliphatic heterocycles. The minimum atomic E-state index is -0.795. The Morgan fingerprint density at radius 3 is 2.26 bits per heavy atom. The second kappa shape index (κ2) is 9.32. The van der Waals surface area contributed by atoms with Gasteiger partial charge in [0.05, 0.1) is 6.10 Å². The molecule has 1 heterocycles. The Balaban J connectivity index is 2.04. The van der Waals surface area contributed by atoms with Crippen molar-refractivity contribution in [2.75, 3.05) is 13.1 Å². The highest BCUT2D eigenvalue weighted by atomic mass is 16.4. The van der Waals surface area contributed by atoms with Crippen LogP contribution in [0, 0.1) is 0 Å². The molecule has 19 heavy (non-hydrogen) atoms. The van der Waals surface area contributed by atoms with Crippen molar-refractivity contribution in [2.45, 2.75) is 76.9 Å². The molecule has 1 saturated heterocycles. The van der Waals surface area contributed by atoms with E-state index in [0.29, 0.717) is 13.0 Å². The minimum Gasteiger partial charge on any atom is -0.480 e. The fourth-order valence-electron chi connectivity index (χ4n) is 2.83. The van der Waals surface area contributed by atoms with Crippen LogP contribution in [-0.2, 0) is 4.79 Å². The minimum absolute atomic E-state index is 0.381. The van der Waals surface area contributed by atoms with Crippen LogP contribution in [0.5, 0.6) is 0 Å². The quantitative estimate of drug-likeness (QED) is 0.600. The van der Waals surface area contributed by atoms with E-state index in [9.17, 15) is 9.90 Å². The standard InChI is InChI=1S/C15H29NO3/c1-2-3-4-5-6-7-8-9-10-16-12-13(17)11-14(16)15(18)19/h13-14,17H,2-12H2,1H3,(H,18,19)/t13-,14+/m0/s1. The zero-order chi connectivity index (χ0) is 14.1. The third kappa shape index (κ3) is 6.39. The monoisotopic (exact) mass is 271 g/mol. The summed E-state index contributed by atoms with van der Waals surface area (Å²) in [6.45, 7) is 3.56. The molecule has 0 radical (unpaired) electrons. The molecule has 0 aromatic rings. The number of aliphatic hydroxyl groups is 1. The van der Waals surface area contributed by atoms with E-state index < -0.39 is 18.1 Å². The largest absolute Gasteiger partial charge is 0.480 e. The predicted molar refractivity (Wildman–Crippen MR) is 76.2 cm³/mol. The van der Waals surface area contributed by atoms with Crippen LogP contribution in [0.1, 0.15) is 64.7 Å². The summed E-state index contributed by atoms with van der Waals surface area (Å²) < 4.78 is 0. The zero-order valence-electron chi connectivity index (χ0n) is 12.2. The Hall–Kier alpha value is -0.610. The number of aliphatic carboxylic acids is 1. The molecule has 0 amide bonds. The van der Waals surface area contributed by atoms with Crippen molar-refractivity contribution in [1.82, 2.24) is 4.90 Å². The normalized spacial score (nSPS) is 23.9. The van der Waals surface area contributed by atoms with Gasteiger partial charge >= 0.3 is 5.97 Å². The molecule has 2 N–H and O–H groups in total. The summed E-state index contributed by atoms with van der Waals surface area (Å²) in [4.78, 5) is 13.0. The van der Waals surface area contributed by atoms with E-state index >= 15 is 0 Å². The van der Waals surface area contributed by atoms with E-state index in [1.807, 2.05) is 4.90 Å². The Kier molecular flexibility index (Phi) is 8.07. The molecule has 1 aliphatic rings. The number of likely N-dealkylation sites (tertiary alicyclic amines) is 1. The maximum absolute atomic E-state index is 11.0. The molecule has 2 atom stereocenters. The van der Waals surface area contributed by atoms with Gasteiger partial charge < -0.3 is 10.2 Å². The fourth-order valence-corrected chi connectivity index (χ4v) is 2.83. The average molecular weight is 271 g/mol. The van der Waals surface area contributed by atoms with Crippen molar-refractivity contribution in [1.29, 1.82) is 0 Å². The van der Waals surface area contributed by atoms with E-state index in [0.717, 1.165) is 13.0 Å². The van der Waals surface area contributed by atoms with Crippen molar-refractivity contribution in [3.63, 3.8) is 0 Å². The van der Waals surface area contributed by atoms with E-state index in [1.54, 1.807) is 0 Å². The topological polar surface area (TPSA) is 60.8 Å². The molecule has 0 aromatic carbocycles. The van der Waals surface area contributed by atoms with Gasteiger partial charge in [-0.05, 0) is 13.0 Å². The van der Waals surface area contributed by atoms with Crippen LogP contribution in [0.25, 0.3) is 0 Å². The maximum Gasteiger partial charge on any atom is 0.321 e. The molecule has 0 saturated carbocycles. The first-order valence-corrected chi connectivity index (χ1v) is 7.80. The van der Waals surface area contributed by atoms with Gasteiger partial charge in [0.15, 0.2) is 0 Å². The van der Waals surface area contributed by atoms with Crippen LogP contribution >= 0.6 is 0 Å². The Morgan fingerprint density at radius 2 is 1.68 bits per heavy atom. The molecular weight excluding hydrogens is 242 g/mol. The van der Waals surface area contributed by atoms with Gasteiger partial charge in [0.2, 0.25) is 0 Å². The number of β-amino-alcohol motifs (C(OH)–C–C–N with tert-alkyl or cyclic N) is 1. The molecule has 1 fully saturated rings. The highest BCUT2D eigenvalue weighted by Gasteiger charge is 2.35. The number of nitrogens with zero attached hydrogens (tertiary/aromatic N) is 1. The van der Waals surface area contributed by atoms with Gasteiger partial charge in [-0.1, -0.05) is 51.9 Å². The van der Waals surface area contributed by atoms with Crippen LogP contribution in [0.2, 0.25) is 0 Å². The molecule has 0 bridgehead atoms. The molecule has 4 heteroatoms. The van der Waals surface area contributed by atoms with Crippen LogP contribution in [0.15, 0.2) is 0 Å². The van der Waals surface area contributed by atoms with Crippen LogP contribution in [0.4, 0.5) is 0 Å². The third-order valence-electron chi connectivity index (χ3n) is 3.97. The van der Waals surface area contributed by atoms with E-state index in [2.05, 4.69) is 6.92 Å². The van der Waals surface area contributed by atoms with Gasteiger partial charge in [-0.25, -0.2) is 0 Å². The molecule has 0 unspecified atom stereocenters. The summed E-state index contributed by atoms with van der Waals surface area (Å²) in [7, 11) is 0. The number of unbranched alkanes of at least 4 members (excludes halogenated alkanes) is 7.